The average Bonchev–Trinajstić information content (AvgIpc) is 2.34. The molecule has 1 saturated heterocycles. The van der Waals surface area contributed by atoms with Gasteiger partial charge in [0.25, 0.3) is 0 Å². The van der Waals surface area contributed by atoms with E-state index in [0.717, 1.165) is 6.42 Å². The fourth-order valence-electron chi connectivity index (χ4n) is 0.937. The summed E-state index contributed by atoms with van der Waals surface area (Å²) in [6.45, 7) is 4.32. The Morgan fingerprint density at radius 2 is 2.56 bits per heavy atom. The molecular formula is C8H10O. The van der Waals surface area contributed by atoms with Crippen molar-refractivity contribution in [2.75, 3.05) is 6.61 Å². The quantitative estimate of drug-likeness (QED) is 0.375. The third-order valence-corrected chi connectivity index (χ3v) is 1.53. The van der Waals surface area contributed by atoms with Crippen molar-refractivity contribution in [1.29, 1.82) is 0 Å². The lowest BCUT2D eigenvalue weighted by Crippen LogP contribution is -1.97. The van der Waals surface area contributed by atoms with Crippen LogP contribution in [0.3, 0.4) is 0 Å². The zero-order valence-electron chi connectivity index (χ0n) is 5.34. The Morgan fingerprint density at radius 3 is 2.89 bits per heavy atom. The first kappa shape index (κ1) is 6.38. The highest BCUT2D eigenvalue weighted by atomic mass is 16.5. The van der Waals surface area contributed by atoms with Crippen LogP contribution >= 0.6 is 0 Å². The van der Waals surface area contributed by atoms with Crippen LogP contribution in [0.5, 0.6) is 0 Å². The first-order chi connectivity index (χ1) is 4.36. The number of hydrogen-bond donors (Lipinski definition) is 0. The van der Waals surface area contributed by atoms with E-state index in [2.05, 4.69) is 12.5 Å². The molecule has 2 atom stereocenters. The Bertz CT molecular complexity index is 143. The first-order valence-electron chi connectivity index (χ1n) is 3.07. The third-order valence-electron chi connectivity index (χ3n) is 1.53. The summed E-state index contributed by atoms with van der Waals surface area (Å²) < 4.78 is 5.25. The van der Waals surface area contributed by atoms with Gasteiger partial charge in [0, 0.05) is 5.92 Å². The van der Waals surface area contributed by atoms with E-state index in [1.54, 1.807) is 6.08 Å². The van der Waals surface area contributed by atoms with E-state index in [0.29, 0.717) is 12.5 Å². The molecule has 1 heterocycles. The molecule has 0 aromatic rings. The van der Waals surface area contributed by atoms with Crippen molar-refractivity contribution in [3.05, 3.63) is 12.7 Å². The fourth-order valence-corrected chi connectivity index (χ4v) is 0.937. The zero-order chi connectivity index (χ0) is 6.69. The van der Waals surface area contributed by atoms with Crippen molar-refractivity contribution in [2.24, 2.45) is 5.92 Å². The molecule has 1 fully saturated rings. The predicted molar refractivity (Wildman–Crippen MR) is 36.9 cm³/mol. The van der Waals surface area contributed by atoms with Crippen molar-refractivity contribution in [3.63, 3.8) is 0 Å². The minimum atomic E-state index is 0.200. The van der Waals surface area contributed by atoms with Crippen LogP contribution in [0, 0.1) is 18.3 Å². The molecule has 0 radical (unpaired) electrons. The maximum Gasteiger partial charge on any atom is 0.0766 e. The second-order valence-corrected chi connectivity index (χ2v) is 2.21. The standard InChI is InChI=1S/C8H10O/c1-3-7-5-8(4-2)9-6-7/h1,4,7-8H,2,5-6H2/t7-,8?/m0/s1. The number of terminal acetylenes is 1. The smallest absolute Gasteiger partial charge is 0.0766 e. The Hall–Kier alpha value is -0.740. The van der Waals surface area contributed by atoms with Gasteiger partial charge in [0.2, 0.25) is 0 Å². The second-order valence-electron chi connectivity index (χ2n) is 2.21. The second kappa shape index (κ2) is 2.70. The highest BCUT2D eigenvalue weighted by Gasteiger charge is 2.20. The van der Waals surface area contributed by atoms with Gasteiger partial charge in [-0.15, -0.1) is 18.9 Å². The summed E-state index contributed by atoms with van der Waals surface area (Å²) in [7, 11) is 0. The summed E-state index contributed by atoms with van der Waals surface area (Å²) in [5, 5.41) is 0. The molecule has 1 rings (SSSR count). The molecule has 0 spiro atoms. The molecule has 1 nitrogen and oxygen atoms in total. The molecular weight excluding hydrogens is 112 g/mol. The predicted octanol–water partition coefficient (Wildman–Crippen LogP) is 1.21. The molecule has 0 bridgehead atoms. The van der Waals surface area contributed by atoms with E-state index >= 15 is 0 Å². The summed E-state index contributed by atoms with van der Waals surface area (Å²) in [5.41, 5.74) is 0. The summed E-state index contributed by atoms with van der Waals surface area (Å²) in [4.78, 5) is 0. The summed E-state index contributed by atoms with van der Waals surface area (Å²) >= 11 is 0. The topological polar surface area (TPSA) is 9.23 Å². The van der Waals surface area contributed by atoms with Gasteiger partial charge in [-0.3, -0.25) is 0 Å². The summed E-state index contributed by atoms with van der Waals surface area (Å²) in [6, 6.07) is 0. The SMILES string of the molecule is C#C[C@@H]1COC(C=C)C1. The van der Waals surface area contributed by atoms with Crippen molar-refractivity contribution < 1.29 is 4.74 Å². The molecule has 0 aromatic carbocycles. The van der Waals surface area contributed by atoms with E-state index in [-0.39, 0.29) is 6.10 Å². The Kier molecular flexibility index (Phi) is 1.92. The molecule has 0 saturated carbocycles. The van der Waals surface area contributed by atoms with Crippen molar-refractivity contribution in [3.8, 4) is 12.3 Å². The van der Waals surface area contributed by atoms with E-state index in [9.17, 15) is 0 Å². The molecule has 1 unspecified atom stereocenters. The van der Waals surface area contributed by atoms with Gasteiger partial charge < -0.3 is 4.74 Å². The molecule has 0 amide bonds. The summed E-state index contributed by atoms with van der Waals surface area (Å²) in [6.07, 6.45) is 8.13. The number of rotatable bonds is 1. The molecule has 0 aliphatic carbocycles. The lowest BCUT2D eigenvalue weighted by Gasteiger charge is -1.97. The third kappa shape index (κ3) is 1.34. The zero-order valence-corrected chi connectivity index (χ0v) is 5.34. The molecule has 0 N–H and O–H groups in total. The van der Waals surface area contributed by atoms with Crippen LogP contribution in [-0.2, 0) is 4.74 Å². The monoisotopic (exact) mass is 122 g/mol. The minimum Gasteiger partial charge on any atom is -0.373 e. The van der Waals surface area contributed by atoms with Crippen molar-refractivity contribution in [1.82, 2.24) is 0 Å². The van der Waals surface area contributed by atoms with Gasteiger partial charge in [-0.1, -0.05) is 6.08 Å². The van der Waals surface area contributed by atoms with E-state index < -0.39 is 0 Å². The van der Waals surface area contributed by atoms with Gasteiger partial charge >= 0.3 is 0 Å². The minimum absolute atomic E-state index is 0.200. The highest BCUT2D eigenvalue weighted by Crippen LogP contribution is 2.18. The lowest BCUT2D eigenvalue weighted by molar-refractivity contribution is 0.142. The van der Waals surface area contributed by atoms with Gasteiger partial charge in [0.1, 0.15) is 0 Å². The van der Waals surface area contributed by atoms with Crippen LogP contribution in [0.25, 0.3) is 0 Å². The number of hydrogen-bond acceptors (Lipinski definition) is 1. The largest absolute Gasteiger partial charge is 0.373 e. The highest BCUT2D eigenvalue weighted by molar-refractivity contribution is 5.00. The average molecular weight is 122 g/mol. The first-order valence-corrected chi connectivity index (χ1v) is 3.07. The molecule has 1 aliphatic heterocycles. The molecule has 0 aromatic heterocycles. The van der Waals surface area contributed by atoms with Gasteiger partial charge in [-0.05, 0) is 6.42 Å². The Balaban J connectivity index is 2.39. The van der Waals surface area contributed by atoms with Gasteiger partial charge in [0.15, 0.2) is 0 Å². The van der Waals surface area contributed by atoms with Crippen LogP contribution < -0.4 is 0 Å². The molecule has 9 heavy (non-hydrogen) atoms. The number of ether oxygens (including phenoxy) is 1. The van der Waals surface area contributed by atoms with Gasteiger partial charge in [-0.2, -0.15) is 0 Å². The van der Waals surface area contributed by atoms with E-state index in [1.165, 1.54) is 0 Å². The van der Waals surface area contributed by atoms with Crippen LogP contribution in [0.15, 0.2) is 12.7 Å². The summed E-state index contributed by atoms with van der Waals surface area (Å²) in [5.74, 6) is 2.97. The van der Waals surface area contributed by atoms with E-state index in [1.807, 2.05) is 0 Å². The maximum absolute atomic E-state index is 5.25. The fraction of sp³-hybridized carbons (Fsp3) is 0.500. The van der Waals surface area contributed by atoms with E-state index in [4.69, 9.17) is 11.2 Å². The van der Waals surface area contributed by atoms with Gasteiger partial charge in [-0.25, -0.2) is 0 Å². The van der Waals surface area contributed by atoms with Crippen molar-refractivity contribution >= 4 is 0 Å². The Labute approximate surface area is 55.7 Å². The molecule has 1 aliphatic rings. The van der Waals surface area contributed by atoms with Crippen LogP contribution in [0.2, 0.25) is 0 Å². The Morgan fingerprint density at radius 1 is 1.78 bits per heavy atom. The maximum atomic E-state index is 5.25. The van der Waals surface area contributed by atoms with Crippen LogP contribution in [0.4, 0.5) is 0 Å². The molecule has 1 heteroatoms. The van der Waals surface area contributed by atoms with Crippen molar-refractivity contribution in [2.45, 2.75) is 12.5 Å². The normalized spacial score (nSPS) is 33.7. The lowest BCUT2D eigenvalue weighted by atomic mass is 10.1. The van der Waals surface area contributed by atoms with Gasteiger partial charge in [0.05, 0.1) is 12.7 Å². The van der Waals surface area contributed by atoms with Crippen LogP contribution in [-0.4, -0.2) is 12.7 Å². The van der Waals surface area contributed by atoms with Crippen LogP contribution in [0.1, 0.15) is 6.42 Å². The molecule has 48 valence electrons.